The predicted molar refractivity (Wildman–Crippen MR) is 79.1 cm³/mol. The van der Waals surface area contributed by atoms with Gasteiger partial charge >= 0.3 is 0 Å². The van der Waals surface area contributed by atoms with Crippen LogP contribution in [0.1, 0.15) is 46.6 Å². The molecule has 0 aliphatic carbocycles. The number of benzene rings is 1. The second kappa shape index (κ2) is 5.70. The maximum atomic E-state index is 13.6. The van der Waals surface area contributed by atoms with Gasteiger partial charge in [0, 0.05) is 22.1 Å². The molecule has 0 unspecified atom stereocenters. The minimum atomic E-state index is -0.155. The Hall–Kier alpha value is -0.410. The highest BCUT2D eigenvalue weighted by Gasteiger charge is 2.24. The summed E-state index contributed by atoms with van der Waals surface area (Å²) >= 11 is 3.37. The van der Waals surface area contributed by atoms with Crippen LogP contribution >= 0.6 is 15.9 Å². The average molecular weight is 316 g/mol. The molecule has 0 saturated heterocycles. The van der Waals surface area contributed by atoms with Gasteiger partial charge in [-0.15, -0.1) is 0 Å². The van der Waals surface area contributed by atoms with Crippen molar-refractivity contribution in [1.82, 2.24) is 5.32 Å². The number of nitrogens with one attached hydrogen (secondary N) is 1. The smallest absolute Gasteiger partial charge is 0.127 e. The van der Waals surface area contributed by atoms with Gasteiger partial charge in [-0.1, -0.05) is 36.7 Å². The van der Waals surface area contributed by atoms with Gasteiger partial charge in [0.05, 0.1) is 0 Å². The molecule has 102 valence electrons. The summed E-state index contributed by atoms with van der Waals surface area (Å²) < 4.78 is 14.5. The van der Waals surface area contributed by atoms with Crippen molar-refractivity contribution in [3.63, 3.8) is 0 Å². The number of hydrogen-bond acceptors (Lipinski definition) is 1. The van der Waals surface area contributed by atoms with Crippen molar-refractivity contribution in [2.75, 3.05) is 0 Å². The summed E-state index contributed by atoms with van der Waals surface area (Å²) in [6.45, 7) is 11.5. The van der Waals surface area contributed by atoms with E-state index in [-0.39, 0.29) is 16.8 Å². The Labute approximate surface area is 118 Å². The zero-order chi connectivity index (χ0) is 14.0. The van der Waals surface area contributed by atoms with Crippen LogP contribution in [0.4, 0.5) is 4.39 Å². The van der Waals surface area contributed by atoms with E-state index >= 15 is 0 Å². The molecule has 0 amide bonds. The summed E-state index contributed by atoms with van der Waals surface area (Å²) in [7, 11) is 0. The highest BCUT2D eigenvalue weighted by molar-refractivity contribution is 9.10. The minimum absolute atomic E-state index is 0.00694. The van der Waals surface area contributed by atoms with E-state index < -0.39 is 0 Å². The van der Waals surface area contributed by atoms with Crippen molar-refractivity contribution in [1.29, 1.82) is 0 Å². The van der Waals surface area contributed by atoms with Crippen LogP contribution in [0.2, 0.25) is 0 Å². The molecule has 0 spiro atoms. The molecule has 1 nitrogen and oxygen atoms in total. The van der Waals surface area contributed by atoms with Crippen LogP contribution < -0.4 is 5.32 Å². The molecule has 0 bridgehead atoms. The van der Waals surface area contributed by atoms with Crippen LogP contribution in [0.25, 0.3) is 0 Å². The molecule has 0 radical (unpaired) electrons. The molecule has 0 saturated carbocycles. The molecule has 0 aliphatic heterocycles. The van der Waals surface area contributed by atoms with Crippen molar-refractivity contribution in [3.8, 4) is 0 Å². The number of hydrogen-bond donors (Lipinski definition) is 1. The molecule has 1 rings (SSSR count). The van der Waals surface area contributed by atoms with Crippen LogP contribution in [-0.4, -0.2) is 5.54 Å². The lowest BCUT2D eigenvalue weighted by molar-refractivity contribution is 0.240. The lowest BCUT2D eigenvalue weighted by atomic mass is 9.82. The molecular weight excluding hydrogens is 293 g/mol. The number of halogens is 2. The van der Waals surface area contributed by atoms with Crippen LogP contribution in [0.3, 0.4) is 0 Å². The molecule has 0 atom stereocenters. The SMILES string of the molecule is CC(C)(C)CC(C)(C)NCc1cc(Br)ccc1F. The lowest BCUT2D eigenvalue weighted by Gasteiger charge is -2.33. The first-order valence-electron chi connectivity index (χ1n) is 6.28. The van der Waals surface area contributed by atoms with Crippen molar-refractivity contribution < 1.29 is 4.39 Å². The van der Waals surface area contributed by atoms with Gasteiger partial charge in [-0.3, -0.25) is 0 Å². The van der Waals surface area contributed by atoms with E-state index in [1.54, 1.807) is 6.07 Å². The monoisotopic (exact) mass is 315 g/mol. The largest absolute Gasteiger partial charge is 0.308 e. The summed E-state index contributed by atoms with van der Waals surface area (Å²) in [6, 6.07) is 5.05. The van der Waals surface area contributed by atoms with E-state index in [0.29, 0.717) is 12.1 Å². The molecular formula is C15H23BrFN. The second-order valence-corrected chi connectivity index (χ2v) is 7.63. The van der Waals surface area contributed by atoms with Crippen LogP contribution in [0.5, 0.6) is 0 Å². The zero-order valence-electron chi connectivity index (χ0n) is 11.9. The maximum absolute atomic E-state index is 13.6. The normalized spacial score (nSPS) is 12.8. The molecule has 1 aromatic rings. The van der Waals surface area contributed by atoms with E-state index in [4.69, 9.17) is 0 Å². The zero-order valence-corrected chi connectivity index (χ0v) is 13.5. The molecule has 3 heteroatoms. The Morgan fingerprint density at radius 2 is 1.78 bits per heavy atom. The van der Waals surface area contributed by atoms with Crippen molar-refractivity contribution >= 4 is 15.9 Å². The van der Waals surface area contributed by atoms with Crippen molar-refractivity contribution in [2.45, 2.75) is 53.1 Å². The molecule has 1 N–H and O–H groups in total. The molecule has 0 fully saturated rings. The number of rotatable bonds is 4. The van der Waals surface area contributed by atoms with E-state index in [2.05, 4.69) is 55.9 Å². The van der Waals surface area contributed by atoms with Crippen molar-refractivity contribution in [3.05, 3.63) is 34.1 Å². The van der Waals surface area contributed by atoms with E-state index in [0.717, 1.165) is 10.9 Å². The Balaban J connectivity index is 2.67. The lowest BCUT2D eigenvalue weighted by Crippen LogP contribution is -2.42. The molecule has 0 aromatic heterocycles. The van der Waals surface area contributed by atoms with Crippen LogP contribution in [0.15, 0.2) is 22.7 Å². The van der Waals surface area contributed by atoms with Gasteiger partial charge in [-0.2, -0.15) is 0 Å². The standard InChI is InChI=1S/C15H23BrFN/c1-14(2,3)10-15(4,5)18-9-11-8-12(16)6-7-13(11)17/h6-8,18H,9-10H2,1-5H3. The second-order valence-electron chi connectivity index (χ2n) is 6.71. The van der Waals surface area contributed by atoms with Crippen LogP contribution in [-0.2, 0) is 6.54 Å². The third-order valence-electron chi connectivity index (χ3n) is 2.74. The predicted octanol–water partition coefficient (Wildman–Crippen LogP) is 4.89. The first-order chi connectivity index (χ1) is 8.09. The Bertz CT molecular complexity index is 407. The summed E-state index contributed by atoms with van der Waals surface area (Å²) in [5, 5.41) is 3.44. The van der Waals surface area contributed by atoms with E-state index in [9.17, 15) is 4.39 Å². The Morgan fingerprint density at radius 3 is 2.33 bits per heavy atom. The quantitative estimate of drug-likeness (QED) is 0.834. The average Bonchev–Trinajstić information content (AvgIpc) is 2.16. The summed E-state index contributed by atoms with van der Waals surface area (Å²) in [6.07, 6.45) is 1.04. The van der Waals surface area contributed by atoms with E-state index in [1.807, 2.05) is 6.07 Å². The summed E-state index contributed by atoms with van der Waals surface area (Å²) in [4.78, 5) is 0. The van der Waals surface area contributed by atoms with Crippen molar-refractivity contribution in [2.24, 2.45) is 5.41 Å². The Morgan fingerprint density at radius 1 is 1.17 bits per heavy atom. The third-order valence-corrected chi connectivity index (χ3v) is 3.23. The first-order valence-corrected chi connectivity index (χ1v) is 7.07. The minimum Gasteiger partial charge on any atom is -0.308 e. The topological polar surface area (TPSA) is 12.0 Å². The Kier molecular flexibility index (Phi) is 4.96. The molecule has 0 heterocycles. The molecule has 18 heavy (non-hydrogen) atoms. The maximum Gasteiger partial charge on any atom is 0.127 e. The summed E-state index contributed by atoms with van der Waals surface area (Å²) in [5.74, 6) is -0.155. The first kappa shape index (κ1) is 15.6. The van der Waals surface area contributed by atoms with Gasteiger partial charge < -0.3 is 5.32 Å². The highest BCUT2D eigenvalue weighted by atomic mass is 79.9. The van der Waals surface area contributed by atoms with Gasteiger partial charge in [0.25, 0.3) is 0 Å². The fourth-order valence-electron chi connectivity index (χ4n) is 2.40. The van der Waals surface area contributed by atoms with E-state index in [1.165, 1.54) is 6.07 Å². The molecule has 0 aliphatic rings. The molecule has 1 aromatic carbocycles. The van der Waals surface area contributed by atoms with Gasteiger partial charge in [0.1, 0.15) is 5.82 Å². The van der Waals surface area contributed by atoms with Gasteiger partial charge in [-0.05, 0) is 43.9 Å². The van der Waals surface area contributed by atoms with Crippen LogP contribution in [0, 0.1) is 11.2 Å². The summed E-state index contributed by atoms with van der Waals surface area (Å²) in [5.41, 5.74) is 0.950. The fourth-order valence-corrected chi connectivity index (χ4v) is 2.81. The van der Waals surface area contributed by atoms with Gasteiger partial charge in [-0.25, -0.2) is 4.39 Å². The van der Waals surface area contributed by atoms with Gasteiger partial charge in [0.2, 0.25) is 0 Å². The van der Waals surface area contributed by atoms with Gasteiger partial charge in [0.15, 0.2) is 0 Å². The highest BCUT2D eigenvalue weighted by Crippen LogP contribution is 2.27. The fraction of sp³-hybridized carbons (Fsp3) is 0.600. The third kappa shape index (κ3) is 5.49.